The van der Waals surface area contributed by atoms with Crippen molar-refractivity contribution in [3.8, 4) is 11.5 Å². The maximum Gasteiger partial charge on any atom is 0.266 e. The van der Waals surface area contributed by atoms with Crippen molar-refractivity contribution >= 4 is 32.6 Å². The normalized spacial score (nSPS) is 14.4. The molecule has 1 fully saturated rings. The number of amides is 1. The Hall–Kier alpha value is -2.75. The number of anilines is 1. The fourth-order valence-electron chi connectivity index (χ4n) is 3.45. The van der Waals surface area contributed by atoms with Gasteiger partial charge < -0.3 is 14.2 Å². The van der Waals surface area contributed by atoms with Crippen molar-refractivity contribution < 1.29 is 23.4 Å². The van der Waals surface area contributed by atoms with E-state index < -0.39 is 0 Å². The summed E-state index contributed by atoms with van der Waals surface area (Å²) in [5.41, 5.74) is 0.748. The Morgan fingerprint density at radius 3 is 2.72 bits per heavy atom. The van der Waals surface area contributed by atoms with Gasteiger partial charge in [0.05, 0.1) is 24.5 Å². The quantitative estimate of drug-likeness (QED) is 0.488. The van der Waals surface area contributed by atoms with Crippen molar-refractivity contribution in [2.45, 2.75) is 6.92 Å². The summed E-state index contributed by atoms with van der Waals surface area (Å²) in [5.74, 6) is 0.585. The first kappa shape index (κ1) is 22.4. The van der Waals surface area contributed by atoms with Gasteiger partial charge in [-0.3, -0.25) is 14.6 Å². The summed E-state index contributed by atoms with van der Waals surface area (Å²) in [4.78, 5) is 21.8. The van der Waals surface area contributed by atoms with Crippen LogP contribution in [0.3, 0.4) is 0 Å². The van der Waals surface area contributed by atoms with Gasteiger partial charge in [0.25, 0.3) is 5.91 Å². The predicted molar refractivity (Wildman–Crippen MR) is 122 cm³/mol. The van der Waals surface area contributed by atoms with Gasteiger partial charge in [0, 0.05) is 26.2 Å². The summed E-state index contributed by atoms with van der Waals surface area (Å²) in [7, 11) is 0. The molecule has 0 spiro atoms. The Labute approximate surface area is 190 Å². The van der Waals surface area contributed by atoms with E-state index in [1.807, 2.05) is 25.1 Å². The molecular weight excluding hydrogens is 433 g/mol. The molecule has 0 saturated carbocycles. The largest absolute Gasteiger partial charge is 0.492 e. The van der Waals surface area contributed by atoms with Crippen LogP contribution in [0.2, 0.25) is 0 Å². The predicted octanol–water partition coefficient (Wildman–Crippen LogP) is 3.58. The standard InChI is InChI=1S/C23H26FN3O4S/c1-2-30-19-4-3-5-20-22(19)25-23(32-20)27(11-10-26-12-14-29-15-13-26)21(28)16-31-18-8-6-17(24)7-9-18/h3-9H,2,10-16H2,1H3. The number of rotatable bonds is 9. The number of aromatic nitrogens is 1. The fourth-order valence-corrected chi connectivity index (χ4v) is 4.47. The Kier molecular flexibility index (Phi) is 7.51. The minimum absolute atomic E-state index is 0.164. The van der Waals surface area contributed by atoms with Gasteiger partial charge >= 0.3 is 0 Å². The number of morpholine rings is 1. The maximum atomic E-state index is 13.2. The molecule has 1 aromatic heterocycles. The molecule has 170 valence electrons. The van der Waals surface area contributed by atoms with Crippen LogP contribution in [0.1, 0.15) is 6.92 Å². The van der Waals surface area contributed by atoms with Gasteiger partial charge in [0.2, 0.25) is 0 Å². The molecule has 1 aliphatic heterocycles. The SMILES string of the molecule is CCOc1cccc2sc(N(CCN3CCOCC3)C(=O)COc3ccc(F)cc3)nc12. The van der Waals surface area contributed by atoms with Crippen molar-refractivity contribution in [2.75, 3.05) is 57.5 Å². The molecule has 0 N–H and O–H groups in total. The average molecular weight is 460 g/mol. The molecule has 2 aromatic carbocycles. The third kappa shape index (κ3) is 5.53. The van der Waals surface area contributed by atoms with Gasteiger partial charge in [-0.15, -0.1) is 0 Å². The summed E-state index contributed by atoms with van der Waals surface area (Å²) in [6, 6.07) is 11.4. The van der Waals surface area contributed by atoms with E-state index in [1.165, 1.54) is 35.6 Å². The van der Waals surface area contributed by atoms with Crippen LogP contribution in [0.15, 0.2) is 42.5 Å². The number of hydrogen-bond acceptors (Lipinski definition) is 7. The van der Waals surface area contributed by atoms with Crippen molar-refractivity contribution in [1.82, 2.24) is 9.88 Å². The lowest BCUT2D eigenvalue weighted by molar-refractivity contribution is -0.120. The van der Waals surface area contributed by atoms with Crippen LogP contribution in [-0.4, -0.2) is 68.4 Å². The van der Waals surface area contributed by atoms with E-state index in [4.69, 9.17) is 19.2 Å². The zero-order chi connectivity index (χ0) is 22.3. The smallest absolute Gasteiger partial charge is 0.266 e. The molecular formula is C23H26FN3O4S. The molecule has 1 saturated heterocycles. The molecule has 1 amide bonds. The summed E-state index contributed by atoms with van der Waals surface area (Å²) >= 11 is 1.45. The average Bonchev–Trinajstić information content (AvgIpc) is 3.25. The van der Waals surface area contributed by atoms with Gasteiger partial charge in [-0.25, -0.2) is 9.37 Å². The van der Waals surface area contributed by atoms with E-state index in [1.54, 1.807) is 4.90 Å². The van der Waals surface area contributed by atoms with E-state index in [-0.39, 0.29) is 18.3 Å². The second kappa shape index (κ2) is 10.7. The number of benzene rings is 2. The molecule has 0 atom stereocenters. The maximum absolute atomic E-state index is 13.2. The van der Waals surface area contributed by atoms with Crippen LogP contribution in [0.25, 0.3) is 10.2 Å². The molecule has 0 radical (unpaired) electrons. The van der Waals surface area contributed by atoms with Gasteiger partial charge in [-0.1, -0.05) is 17.4 Å². The Bertz CT molecular complexity index is 1040. The van der Waals surface area contributed by atoms with Gasteiger partial charge in [0.15, 0.2) is 11.7 Å². The molecule has 32 heavy (non-hydrogen) atoms. The number of carbonyl (C=O) groups is 1. The molecule has 1 aliphatic rings. The summed E-state index contributed by atoms with van der Waals surface area (Å²) in [6.45, 7) is 6.55. The number of carbonyl (C=O) groups excluding carboxylic acids is 1. The van der Waals surface area contributed by atoms with Crippen LogP contribution in [0.5, 0.6) is 11.5 Å². The summed E-state index contributed by atoms with van der Waals surface area (Å²) < 4.78 is 30.8. The number of halogens is 1. The number of thiazole rings is 1. The third-order valence-electron chi connectivity index (χ3n) is 5.12. The highest BCUT2D eigenvalue weighted by Gasteiger charge is 2.23. The minimum atomic E-state index is -0.351. The molecule has 9 heteroatoms. The molecule has 0 aliphatic carbocycles. The zero-order valence-corrected chi connectivity index (χ0v) is 18.8. The zero-order valence-electron chi connectivity index (χ0n) is 18.0. The highest BCUT2D eigenvalue weighted by Crippen LogP contribution is 2.34. The number of nitrogens with zero attached hydrogens (tertiary/aromatic N) is 3. The second-order valence-electron chi connectivity index (χ2n) is 7.27. The van der Waals surface area contributed by atoms with Gasteiger partial charge in [-0.2, -0.15) is 0 Å². The topological polar surface area (TPSA) is 64.1 Å². The van der Waals surface area contributed by atoms with E-state index >= 15 is 0 Å². The molecule has 7 nitrogen and oxygen atoms in total. The molecule has 4 rings (SSSR count). The molecule has 3 aromatic rings. The van der Waals surface area contributed by atoms with Crippen LogP contribution >= 0.6 is 11.3 Å². The lowest BCUT2D eigenvalue weighted by Gasteiger charge is -2.29. The summed E-state index contributed by atoms with van der Waals surface area (Å²) in [6.07, 6.45) is 0. The fraction of sp³-hybridized carbons (Fsp3) is 0.391. The van der Waals surface area contributed by atoms with E-state index in [0.29, 0.717) is 49.5 Å². The van der Waals surface area contributed by atoms with Gasteiger partial charge in [0.1, 0.15) is 22.8 Å². The van der Waals surface area contributed by atoms with Crippen LogP contribution < -0.4 is 14.4 Å². The number of ether oxygens (including phenoxy) is 3. The monoisotopic (exact) mass is 459 g/mol. The van der Waals surface area contributed by atoms with E-state index in [9.17, 15) is 9.18 Å². The van der Waals surface area contributed by atoms with Gasteiger partial charge in [-0.05, 0) is 43.3 Å². The highest BCUT2D eigenvalue weighted by molar-refractivity contribution is 7.22. The number of fused-ring (bicyclic) bond motifs is 1. The first-order valence-corrected chi connectivity index (χ1v) is 11.5. The molecule has 0 bridgehead atoms. The van der Waals surface area contributed by atoms with Crippen LogP contribution in [0.4, 0.5) is 9.52 Å². The van der Waals surface area contributed by atoms with Crippen molar-refractivity contribution in [2.24, 2.45) is 0 Å². The van der Waals surface area contributed by atoms with Crippen LogP contribution in [0, 0.1) is 5.82 Å². The first-order chi connectivity index (χ1) is 15.6. The Balaban J connectivity index is 1.53. The third-order valence-corrected chi connectivity index (χ3v) is 6.17. The van der Waals surface area contributed by atoms with E-state index in [2.05, 4.69) is 4.90 Å². The van der Waals surface area contributed by atoms with Crippen molar-refractivity contribution in [3.63, 3.8) is 0 Å². The summed E-state index contributed by atoms with van der Waals surface area (Å²) in [5, 5.41) is 0.605. The Morgan fingerprint density at radius 2 is 1.97 bits per heavy atom. The lowest BCUT2D eigenvalue weighted by atomic mass is 10.3. The minimum Gasteiger partial charge on any atom is -0.492 e. The first-order valence-electron chi connectivity index (χ1n) is 10.6. The van der Waals surface area contributed by atoms with Crippen molar-refractivity contribution in [3.05, 3.63) is 48.3 Å². The van der Waals surface area contributed by atoms with Crippen molar-refractivity contribution in [1.29, 1.82) is 0 Å². The number of para-hydroxylation sites is 1. The van der Waals surface area contributed by atoms with Crippen LogP contribution in [-0.2, 0) is 9.53 Å². The van der Waals surface area contributed by atoms with E-state index in [0.717, 1.165) is 23.3 Å². The molecule has 2 heterocycles. The number of hydrogen-bond donors (Lipinski definition) is 0. The Morgan fingerprint density at radius 1 is 1.19 bits per heavy atom. The molecule has 0 unspecified atom stereocenters. The highest BCUT2D eigenvalue weighted by atomic mass is 32.1. The second-order valence-corrected chi connectivity index (χ2v) is 8.28. The lowest BCUT2D eigenvalue weighted by Crippen LogP contribution is -2.44.